The maximum absolute atomic E-state index is 6.07. The molecule has 92 valence electrons. The molecule has 0 atom stereocenters. The molecule has 2 aromatic rings. The SMILES string of the molecule is ClCCN1c2ccccc2Sc2cc(Cl)ccc21. The molecule has 0 spiro atoms. The molecule has 1 aliphatic rings. The summed E-state index contributed by atoms with van der Waals surface area (Å²) >= 11 is 13.8. The van der Waals surface area contributed by atoms with Crippen molar-refractivity contribution in [1.82, 2.24) is 0 Å². The van der Waals surface area contributed by atoms with E-state index in [1.54, 1.807) is 11.8 Å². The van der Waals surface area contributed by atoms with Gasteiger partial charge in [-0.2, -0.15) is 0 Å². The lowest BCUT2D eigenvalue weighted by Crippen LogP contribution is -2.22. The van der Waals surface area contributed by atoms with Gasteiger partial charge in [-0.3, -0.25) is 0 Å². The quantitative estimate of drug-likeness (QED) is 0.702. The Morgan fingerprint density at radius 3 is 2.61 bits per heavy atom. The lowest BCUT2D eigenvalue weighted by atomic mass is 10.2. The van der Waals surface area contributed by atoms with Crippen molar-refractivity contribution in [2.45, 2.75) is 9.79 Å². The molecule has 18 heavy (non-hydrogen) atoms. The molecular formula is C14H11Cl2NS. The van der Waals surface area contributed by atoms with Crippen molar-refractivity contribution in [2.24, 2.45) is 0 Å². The molecule has 0 saturated heterocycles. The molecule has 0 N–H and O–H groups in total. The number of para-hydroxylation sites is 1. The average molecular weight is 296 g/mol. The third-order valence-electron chi connectivity index (χ3n) is 2.90. The van der Waals surface area contributed by atoms with Crippen molar-refractivity contribution in [2.75, 3.05) is 17.3 Å². The van der Waals surface area contributed by atoms with Gasteiger partial charge in [0, 0.05) is 27.2 Å². The Balaban J connectivity index is 2.14. The van der Waals surface area contributed by atoms with Crippen LogP contribution in [0.1, 0.15) is 0 Å². The van der Waals surface area contributed by atoms with E-state index in [1.165, 1.54) is 21.2 Å². The van der Waals surface area contributed by atoms with Crippen LogP contribution in [0.4, 0.5) is 11.4 Å². The Kier molecular flexibility index (Phi) is 3.42. The fourth-order valence-electron chi connectivity index (χ4n) is 2.13. The van der Waals surface area contributed by atoms with Gasteiger partial charge in [0.25, 0.3) is 0 Å². The first-order chi connectivity index (χ1) is 8.79. The second-order valence-corrected chi connectivity index (χ2v) is 5.92. The molecule has 1 nitrogen and oxygen atoms in total. The lowest BCUT2D eigenvalue weighted by molar-refractivity contribution is 0.984. The monoisotopic (exact) mass is 295 g/mol. The number of hydrogen-bond donors (Lipinski definition) is 0. The first-order valence-electron chi connectivity index (χ1n) is 5.69. The molecule has 1 aliphatic heterocycles. The first-order valence-corrected chi connectivity index (χ1v) is 7.42. The molecule has 0 amide bonds. The van der Waals surface area contributed by atoms with Gasteiger partial charge in [0.1, 0.15) is 0 Å². The number of fused-ring (bicyclic) bond motifs is 2. The number of anilines is 2. The van der Waals surface area contributed by atoms with Crippen LogP contribution in [-0.4, -0.2) is 12.4 Å². The van der Waals surface area contributed by atoms with E-state index in [-0.39, 0.29) is 0 Å². The summed E-state index contributed by atoms with van der Waals surface area (Å²) in [6.07, 6.45) is 0. The van der Waals surface area contributed by atoms with Crippen LogP contribution in [0, 0.1) is 0 Å². The Morgan fingerprint density at radius 1 is 1.00 bits per heavy atom. The molecule has 0 unspecified atom stereocenters. The molecule has 0 fully saturated rings. The number of rotatable bonds is 2. The van der Waals surface area contributed by atoms with E-state index in [2.05, 4.69) is 35.2 Å². The molecule has 4 heteroatoms. The highest BCUT2D eigenvalue weighted by molar-refractivity contribution is 7.99. The van der Waals surface area contributed by atoms with Gasteiger partial charge in [0.05, 0.1) is 11.4 Å². The highest BCUT2D eigenvalue weighted by Crippen LogP contribution is 2.48. The Bertz CT molecular complexity index is 586. The normalized spacial score (nSPS) is 13.1. The van der Waals surface area contributed by atoms with Gasteiger partial charge < -0.3 is 4.90 Å². The molecule has 0 aliphatic carbocycles. The minimum Gasteiger partial charge on any atom is -0.338 e. The van der Waals surface area contributed by atoms with Crippen LogP contribution in [-0.2, 0) is 0 Å². The van der Waals surface area contributed by atoms with E-state index in [9.17, 15) is 0 Å². The minimum absolute atomic E-state index is 0.598. The van der Waals surface area contributed by atoms with Crippen molar-refractivity contribution in [3.05, 3.63) is 47.5 Å². The largest absolute Gasteiger partial charge is 0.338 e. The van der Waals surface area contributed by atoms with Gasteiger partial charge in [-0.1, -0.05) is 35.5 Å². The highest BCUT2D eigenvalue weighted by Gasteiger charge is 2.22. The molecular weight excluding hydrogens is 285 g/mol. The summed E-state index contributed by atoms with van der Waals surface area (Å²) in [6.45, 7) is 0.799. The summed E-state index contributed by atoms with van der Waals surface area (Å²) in [4.78, 5) is 4.69. The van der Waals surface area contributed by atoms with Crippen LogP contribution < -0.4 is 4.90 Å². The number of hydrogen-bond acceptors (Lipinski definition) is 2. The Morgan fingerprint density at radius 2 is 1.78 bits per heavy atom. The second-order valence-electron chi connectivity index (χ2n) is 4.02. The standard InChI is InChI=1S/C14H11Cl2NS/c15-7-8-17-11-3-1-2-4-13(11)18-14-9-10(16)5-6-12(14)17/h1-6,9H,7-8H2. The van der Waals surface area contributed by atoms with E-state index in [0.29, 0.717) is 5.88 Å². The molecule has 0 aromatic heterocycles. The van der Waals surface area contributed by atoms with E-state index in [4.69, 9.17) is 23.2 Å². The van der Waals surface area contributed by atoms with Crippen LogP contribution >= 0.6 is 35.0 Å². The maximum Gasteiger partial charge on any atom is 0.0554 e. The smallest absolute Gasteiger partial charge is 0.0554 e. The predicted molar refractivity (Wildman–Crippen MR) is 79.7 cm³/mol. The third-order valence-corrected chi connectivity index (χ3v) is 4.41. The first kappa shape index (κ1) is 12.2. The molecule has 0 bridgehead atoms. The number of halogens is 2. The molecule has 0 radical (unpaired) electrons. The number of benzene rings is 2. The third kappa shape index (κ3) is 2.09. The van der Waals surface area contributed by atoms with Crippen molar-refractivity contribution >= 4 is 46.3 Å². The van der Waals surface area contributed by atoms with Gasteiger partial charge >= 0.3 is 0 Å². The summed E-state index contributed by atoms with van der Waals surface area (Å²) < 4.78 is 0. The topological polar surface area (TPSA) is 3.24 Å². The van der Waals surface area contributed by atoms with Crippen LogP contribution in [0.25, 0.3) is 0 Å². The summed E-state index contributed by atoms with van der Waals surface area (Å²) in [7, 11) is 0. The summed E-state index contributed by atoms with van der Waals surface area (Å²) in [5.41, 5.74) is 2.40. The van der Waals surface area contributed by atoms with Gasteiger partial charge in [0.2, 0.25) is 0 Å². The lowest BCUT2D eigenvalue weighted by Gasteiger charge is -2.32. The van der Waals surface area contributed by atoms with E-state index >= 15 is 0 Å². The number of alkyl halides is 1. The maximum atomic E-state index is 6.07. The molecule has 2 aromatic carbocycles. The molecule has 3 rings (SSSR count). The summed E-state index contributed by atoms with van der Waals surface area (Å²) in [5, 5.41) is 0.770. The fraction of sp³-hybridized carbons (Fsp3) is 0.143. The zero-order valence-electron chi connectivity index (χ0n) is 9.57. The molecule has 1 heterocycles. The zero-order chi connectivity index (χ0) is 12.5. The van der Waals surface area contributed by atoms with Crippen LogP contribution in [0.15, 0.2) is 52.3 Å². The van der Waals surface area contributed by atoms with Crippen LogP contribution in [0.5, 0.6) is 0 Å². The highest BCUT2D eigenvalue weighted by atomic mass is 35.5. The summed E-state index contributed by atoms with van der Waals surface area (Å²) in [5.74, 6) is 0.598. The van der Waals surface area contributed by atoms with E-state index in [1.807, 2.05) is 12.1 Å². The Hall–Kier alpha value is -0.830. The van der Waals surface area contributed by atoms with Gasteiger partial charge in [-0.05, 0) is 30.3 Å². The van der Waals surface area contributed by atoms with Crippen LogP contribution in [0.3, 0.4) is 0 Å². The van der Waals surface area contributed by atoms with Gasteiger partial charge in [-0.15, -0.1) is 11.6 Å². The zero-order valence-corrected chi connectivity index (χ0v) is 11.9. The predicted octanol–water partition coefficient (Wildman–Crippen LogP) is 5.18. The molecule has 0 saturated carbocycles. The van der Waals surface area contributed by atoms with Gasteiger partial charge in [-0.25, -0.2) is 0 Å². The van der Waals surface area contributed by atoms with Crippen molar-refractivity contribution < 1.29 is 0 Å². The Labute approximate surface area is 121 Å². The fourth-order valence-corrected chi connectivity index (χ4v) is 3.67. The summed E-state index contributed by atoms with van der Waals surface area (Å²) in [6, 6.07) is 14.4. The average Bonchev–Trinajstić information content (AvgIpc) is 2.38. The van der Waals surface area contributed by atoms with Crippen molar-refractivity contribution in [3.8, 4) is 0 Å². The van der Waals surface area contributed by atoms with Crippen LogP contribution in [0.2, 0.25) is 5.02 Å². The second kappa shape index (κ2) is 5.04. The van der Waals surface area contributed by atoms with E-state index < -0.39 is 0 Å². The van der Waals surface area contributed by atoms with Gasteiger partial charge in [0.15, 0.2) is 0 Å². The number of nitrogens with zero attached hydrogens (tertiary/aromatic N) is 1. The van der Waals surface area contributed by atoms with Crippen molar-refractivity contribution in [1.29, 1.82) is 0 Å². The van der Waals surface area contributed by atoms with Crippen molar-refractivity contribution in [3.63, 3.8) is 0 Å². The minimum atomic E-state index is 0.598. The van der Waals surface area contributed by atoms with E-state index in [0.717, 1.165) is 11.6 Å².